The lowest BCUT2D eigenvalue weighted by Gasteiger charge is -2.37. The molecule has 3 saturated heterocycles. The number of nitrogens with one attached hydrogen (secondary N) is 1. The van der Waals surface area contributed by atoms with Gasteiger partial charge in [0, 0.05) is 107 Å². The molecule has 1 saturated carbocycles. The normalized spacial score (nSPS) is 20.8. The standard InChI is InChI=1S/C45H53N7O6/c1-48-26-36(34-23-38(29-4-5-29)46-24-35(34)44(48)55)30-21-40(57-2)37(41(22-30)58-3)27-50-18-16-49(17-19-50)13-10-28-11-14-51(15-12-28)32-6-7-33-31(20-32)25-52(45(33)56)39-8-9-42(53)47-43(39)54/h6-7,20-24,26,28-29,39H,4-5,8-19,25,27H2,1-3H3,(H,47,53,54). The molecule has 13 heteroatoms. The minimum atomic E-state index is -0.593. The van der Waals surface area contributed by atoms with E-state index in [1.165, 1.54) is 6.42 Å². The first-order chi connectivity index (χ1) is 28.2. The number of nitrogens with zero attached hydrogens (tertiary/aromatic N) is 6. The van der Waals surface area contributed by atoms with Crippen molar-refractivity contribution in [1.82, 2.24) is 29.6 Å². The van der Waals surface area contributed by atoms with Crippen LogP contribution in [0.4, 0.5) is 5.69 Å². The summed E-state index contributed by atoms with van der Waals surface area (Å²) in [4.78, 5) is 64.1. The van der Waals surface area contributed by atoms with Crippen molar-refractivity contribution in [2.45, 2.75) is 70.0 Å². The second-order valence-corrected chi connectivity index (χ2v) is 16.8. The van der Waals surface area contributed by atoms with Crippen LogP contribution in [0.25, 0.3) is 21.9 Å². The summed E-state index contributed by atoms with van der Waals surface area (Å²) in [7, 11) is 5.21. The molecule has 4 aromatic rings. The molecule has 9 rings (SSSR count). The van der Waals surface area contributed by atoms with Gasteiger partial charge in [0.1, 0.15) is 17.5 Å². The van der Waals surface area contributed by atoms with Crippen LogP contribution in [-0.4, -0.2) is 108 Å². The van der Waals surface area contributed by atoms with Gasteiger partial charge in [-0.05, 0) is 104 Å². The van der Waals surface area contributed by atoms with Crippen LogP contribution in [0.1, 0.15) is 78.0 Å². The number of benzene rings is 2. The predicted octanol–water partition coefficient (Wildman–Crippen LogP) is 4.68. The van der Waals surface area contributed by atoms with E-state index in [-0.39, 0.29) is 29.7 Å². The quantitative estimate of drug-likeness (QED) is 0.214. The van der Waals surface area contributed by atoms with Crippen molar-refractivity contribution in [3.8, 4) is 22.6 Å². The Labute approximate surface area is 338 Å². The Morgan fingerprint density at radius 2 is 1.53 bits per heavy atom. The third-order valence-electron chi connectivity index (χ3n) is 13.2. The van der Waals surface area contributed by atoms with Crippen LogP contribution in [0.2, 0.25) is 0 Å². The summed E-state index contributed by atoms with van der Waals surface area (Å²) in [5.41, 5.74) is 6.69. The Morgan fingerprint density at radius 3 is 2.22 bits per heavy atom. The number of carbonyl (C=O) groups is 3. The van der Waals surface area contributed by atoms with E-state index in [1.807, 2.05) is 18.3 Å². The number of aromatic nitrogens is 2. The highest BCUT2D eigenvalue weighted by Crippen LogP contribution is 2.42. The van der Waals surface area contributed by atoms with E-state index in [1.54, 1.807) is 36.9 Å². The molecule has 5 aliphatic rings. The van der Waals surface area contributed by atoms with E-state index >= 15 is 0 Å². The number of hydrogen-bond donors (Lipinski definition) is 1. The number of aryl methyl sites for hydroxylation is 1. The number of carbonyl (C=O) groups excluding carboxylic acids is 3. The number of amides is 3. The Kier molecular flexibility index (Phi) is 10.4. The first-order valence-corrected chi connectivity index (χ1v) is 20.9. The van der Waals surface area contributed by atoms with Crippen molar-refractivity contribution in [3.05, 3.63) is 81.5 Å². The first kappa shape index (κ1) is 38.3. The summed E-state index contributed by atoms with van der Waals surface area (Å²) >= 11 is 0. The average molecular weight is 788 g/mol. The van der Waals surface area contributed by atoms with Gasteiger partial charge in [-0.2, -0.15) is 0 Å². The lowest BCUT2D eigenvalue weighted by atomic mass is 9.92. The molecular weight excluding hydrogens is 735 g/mol. The monoisotopic (exact) mass is 787 g/mol. The van der Waals surface area contributed by atoms with Gasteiger partial charge < -0.3 is 28.7 Å². The van der Waals surface area contributed by atoms with Gasteiger partial charge in [0.25, 0.3) is 11.5 Å². The zero-order valence-corrected chi connectivity index (χ0v) is 33.8. The fourth-order valence-electron chi connectivity index (χ4n) is 9.50. The molecule has 0 radical (unpaired) electrons. The lowest BCUT2D eigenvalue weighted by molar-refractivity contribution is -0.136. The molecule has 6 heterocycles. The van der Waals surface area contributed by atoms with Crippen LogP contribution >= 0.6 is 0 Å². The number of piperidine rings is 2. The number of anilines is 1. The lowest BCUT2D eigenvalue weighted by Crippen LogP contribution is -2.52. The molecule has 2 aromatic heterocycles. The first-order valence-electron chi connectivity index (χ1n) is 20.9. The molecule has 3 amide bonds. The smallest absolute Gasteiger partial charge is 0.259 e. The maximum absolute atomic E-state index is 13.2. The van der Waals surface area contributed by atoms with Gasteiger partial charge in [0.2, 0.25) is 11.8 Å². The Balaban J connectivity index is 0.778. The minimum absolute atomic E-state index is 0.0521. The summed E-state index contributed by atoms with van der Waals surface area (Å²) in [6.45, 7) is 8.19. The zero-order chi connectivity index (χ0) is 40.1. The highest BCUT2D eigenvalue weighted by atomic mass is 16.5. The average Bonchev–Trinajstić information content (AvgIpc) is 4.05. The van der Waals surface area contributed by atoms with Crippen molar-refractivity contribution in [1.29, 1.82) is 0 Å². The maximum Gasteiger partial charge on any atom is 0.259 e. The molecule has 1 atom stereocenters. The van der Waals surface area contributed by atoms with Crippen LogP contribution in [0.3, 0.4) is 0 Å². The fraction of sp³-hybridized carbons (Fsp3) is 0.489. The number of fused-ring (bicyclic) bond motifs is 2. The fourth-order valence-corrected chi connectivity index (χ4v) is 9.50. The topological polar surface area (TPSA) is 130 Å². The van der Waals surface area contributed by atoms with Gasteiger partial charge in [0.05, 0.1) is 25.2 Å². The van der Waals surface area contributed by atoms with Gasteiger partial charge in [-0.1, -0.05) is 0 Å². The molecular formula is C45H53N7O6. The maximum atomic E-state index is 13.2. The van der Waals surface area contributed by atoms with Crippen LogP contribution < -0.4 is 25.2 Å². The highest BCUT2D eigenvalue weighted by Gasteiger charge is 2.39. The Bertz CT molecular complexity index is 2300. The van der Waals surface area contributed by atoms with E-state index in [0.29, 0.717) is 35.8 Å². The van der Waals surface area contributed by atoms with E-state index in [0.717, 1.165) is 129 Å². The van der Waals surface area contributed by atoms with E-state index in [2.05, 4.69) is 49.3 Å². The summed E-state index contributed by atoms with van der Waals surface area (Å²) < 4.78 is 13.7. The molecule has 2 aromatic carbocycles. The van der Waals surface area contributed by atoms with Crippen LogP contribution in [0.15, 0.2) is 53.6 Å². The van der Waals surface area contributed by atoms with Crippen molar-refractivity contribution in [2.24, 2.45) is 13.0 Å². The van der Waals surface area contributed by atoms with Crippen molar-refractivity contribution in [2.75, 3.05) is 64.9 Å². The molecule has 0 bridgehead atoms. The van der Waals surface area contributed by atoms with Gasteiger partial charge in [0.15, 0.2) is 0 Å². The summed E-state index contributed by atoms with van der Waals surface area (Å²) in [6.07, 6.45) is 10.0. The largest absolute Gasteiger partial charge is 0.496 e. The van der Waals surface area contributed by atoms with Gasteiger partial charge >= 0.3 is 0 Å². The Hall–Kier alpha value is -5.27. The Morgan fingerprint density at radius 1 is 0.810 bits per heavy atom. The van der Waals surface area contributed by atoms with Crippen molar-refractivity contribution < 1.29 is 23.9 Å². The van der Waals surface area contributed by atoms with Crippen LogP contribution in [-0.2, 0) is 29.7 Å². The molecule has 4 fully saturated rings. The van der Waals surface area contributed by atoms with Crippen LogP contribution in [0.5, 0.6) is 11.5 Å². The van der Waals surface area contributed by atoms with Gasteiger partial charge in [-0.15, -0.1) is 0 Å². The van der Waals surface area contributed by atoms with Gasteiger partial charge in [-0.25, -0.2) is 0 Å². The molecule has 0 spiro atoms. The summed E-state index contributed by atoms with van der Waals surface area (Å²) in [5, 5.41) is 3.92. The van der Waals surface area contributed by atoms with Gasteiger partial charge in [-0.3, -0.25) is 34.4 Å². The SMILES string of the molecule is COc1cc(-c2cn(C)c(=O)c3cnc(C4CC4)cc23)cc(OC)c1CN1CCN(CCC2CCN(c3ccc4c(c3)CN(C3CCC(=O)NC3=O)C4=O)CC2)CC1. The van der Waals surface area contributed by atoms with E-state index in [9.17, 15) is 19.2 Å². The number of rotatable bonds is 11. The van der Waals surface area contributed by atoms with Crippen molar-refractivity contribution >= 4 is 34.2 Å². The number of methoxy groups -OCH3 is 2. The number of piperazine rings is 1. The number of hydrogen-bond acceptors (Lipinski definition) is 10. The third-order valence-corrected chi connectivity index (χ3v) is 13.2. The minimum Gasteiger partial charge on any atom is -0.496 e. The molecule has 58 heavy (non-hydrogen) atoms. The van der Waals surface area contributed by atoms with E-state index in [4.69, 9.17) is 9.47 Å². The molecule has 1 N–H and O–H groups in total. The zero-order valence-electron chi connectivity index (χ0n) is 33.8. The summed E-state index contributed by atoms with van der Waals surface area (Å²) in [6, 6.07) is 11.7. The van der Waals surface area contributed by atoms with E-state index < -0.39 is 6.04 Å². The number of imide groups is 1. The predicted molar refractivity (Wildman–Crippen MR) is 221 cm³/mol. The molecule has 304 valence electrons. The molecule has 4 aliphatic heterocycles. The number of pyridine rings is 2. The molecule has 13 nitrogen and oxygen atoms in total. The highest BCUT2D eigenvalue weighted by molar-refractivity contribution is 6.05. The number of ether oxygens (including phenoxy) is 2. The van der Waals surface area contributed by atoms with Crippen LogP contribution in [0, 0.1) is 5.92 Å². The molecule has 1 unspecified atom stereocenters. The summed E-state index contributed by atoms with van der Waals surface area (Å²) in [5.74, 6) is 1.95. The second kappa shape index (κ2) is 15.8. The molecule has 1 aliphatic carbocycles. The third kappa shape index (κ3) is 7.45. The van der Waals surface area contributed by atoms with Crippen molar-refractivity contribution in [3.63, 3.8) is 0 Å². The second-order valence-electron chi connectivity index (χ2n) is 16.8.